The predicted molar refractivity (Wildman–Crippen MR) is 448 cm³/mol. The summed E-state index contributed by atoms with van der Waals surface area (Å²) in [6, 6.07) is -0.972. The van der Waals surface area contributed by atoms with Gasteiger partial charge in [-0.3, -0.25) is 4.79 Å². The number of nitrogens with one attached hydrogen (secondary N) is 1. The van der Waals surface area contributed by atoms with Crippen molar-refractivity contribution in [1.29, 1.82) is 0 Å². The number of amides is 1. The van der Waals surface area contributed by atoms with Gasteiger partial charge in [0.15, 0.2) is 18.9 Å². The van der Waals surface area contributed by atoms with E-state index in [4.69, 9.17) is 28.4 Å². The molecule has 19 heteroatoms. The molecule has 0 aliphatic carbocycles. The number of aliphatic hydroxyl groups excluding tert-OH is 11. The zero-order valence-corrected chi connectivity index (χ0v) is 71.0. The fourth-order valence-corrected chi connectivity index (χ4v) is 16.3. The summed E-state index contributed by atoms with van der Waals surface area (Å²) in [6.45, 7) is 1.82. The van der Waals surface area contributed by atoms with E-state index in [1.54, 1.807) is 6.08 Å². The third kappa shape index (κ3) is 50.7. The normalized spacial score (nSPS) is 25.1. The Labute approximate surface area is 677 Å². The maximum absolute atomic E-state index is 13.5. The summed E-state index contributed by atoms with van der Waals surface area (Å²) >= 11 is 0. The second-order valence-corrected chi connectivity index (χ2v) is 33.8. The van der Waals surface area contributed by atoms with Crippen LogP contribution < -0.4 is 5.32 Å². The average Bonchev–Trinajstić information content (AvgIpc) is 0.780. The topological polar surface area (TPSA) is 307 Å². The highest BCUT2D eigenvalue weighted by molar-refractivity contribution is 5.76. The molecular weight excluding hydrogens is 1410 g/mol. The van der Waals surface area contributed by atoms with Crippen molar-refractivity contribution in [2.24, 2.45) is 0 Å². The Morgan fingerprint density at radius 3 is 0.874 bits per heavy atom. The first-order valence-electron chi connectivity index (χ1n) is 47.1. The Kier molecular flexibility index (Phi) is 67.4. The second kappa shape index (κ2) is 72.3. The second-order valence-electron chi connectivity index (χ2n) is 33.8. The predicted octanol–water partition coefficient (Wildman–Crippen LogP) is 18.4. The largest absolute Gasteiger partial charge is 0.394 e. The van der Waals surface area contributed by atoms with Gasteiger partial charge in [-0.25, -0.2) is 0 Å². The van der Waals surface area contributed by atoms with Crippen molar-refractivity contribution in [1.82, 2.24) is 5.32 Å². The molecule has 0 radical (unpaired) electrons. The minimum absolute atomic E-state index is 0.250. The van der Waals surface area contributed by atoms with Crippen LogP contribution in [-0.2, 0) is 33.2 Å². The molecule has 1 amide bonds. The quantitative estimate of drug-likeness (QED) is 0.0199. The van der Waals surface area contributed by atoms with Crippen LogP contribution in [0.3, 0.4) is 0 Å². The first-order valence-corrected chi connectivity index (χ1v) is 47.1. The van der Waals surface area contributed by atoms with Crippen LogP contribution in [0.2, 0.25) is 0 Å². The molecule has 0 aromatic rings. The maximum atomic E-state index is 13.5. The molecule has 17 unspecified atom stereocenters. The van der Waals surface area contributed by atoms with Crippen molar-refractivity contribution in [3.05, 3.63) is 24.3 Å². The van der Waals surface area contributed by atoms with Crippen LogP contribution in [0, 0.1) is 0 Å². The summed E-state index contributed by atoms with van der Waals surface area (Å²) in [6.07, 6.45) is 64.9. The number of rotatable bonds is 78. The molecule has 0 aromatic heterocycles. The Balaban J connectivity index is 1.29. The number of unbranched alkanes of at least 4 members (excludes halogenated alkanes) is 60. The first kappa shape index (κ1) is 103. The standard InChI is InChI=1S/C92H175NO18/c1-3-5-7-9-11-13-15-17-19-21-23-25-27-29-31-32-33-34-35-36-37-38-39-40-41-42-44-46-48-50-52-54-56-58-60-62-64-66-68-70-80(98)93-75(76(97)69-67-65-63-61-59-57-55-53-51-49-47-45-43-30-28-26-24-22-20-18-16-14-12-10-8-6-4-2)74-106-90-86(104)83(101)88(78(72-95)108-90)111-92-87(105)84(102)89(79(73-96)109-92)110-91-85(103)82(100)81(99)77(71-94)107-91/h21,23,67,69,75-79,81-92,94-97,99-105H,3-20,22,24-66,68,70-74H2,1-2H3,(H,93,98)/b23-21-,69-67+. The zero-order valence-electron chi connectivity index (χ0n) is 71.0. The molecule has 0 bridgehead atoms. The number of hydrogen-bond acceptors (Lipinski definition) is 18. The number of allylic oxidation sites excluding steroid dienone is 3. The Morgan fingerprint density at radius 1 is 0.315 bits per heavy atom. The fourth-order valence-electron chi connectivity index (χ4n) is 16.3. The molecule has 3 aliphatic rings. The molecule has 17 atom stereocenters. The van der Waals surface area contributed by atoms with Gasteiger partial charge in [-0.15, -0.1) is 0 Å². The van der Waals surface area contributed by atoms with E-state index in [0.717, 1.165) is 44.9 Å². The number of aliphatic hydroxyl groups is 11. The van der Waals surface area contributed by atoms with Gasteiger partial charge in [0.25, 0.3) is 0 Å². The molecule has 3 rings (SSSR count). The summed E-state index contributed by atoms with van der Waals surface area (Å²) in [5.41, 5.74) is 0. The number of carbonyl (C=O) groups is 1. The van der Waals surface area contributed by atoms with Crippen LogP contribution >= 0.6 is 0 Å². The SMILES string of the molecule is CCCCCCCCCC/C=C\CCCCCCCCCCCCCCCCCCCCCCCCCCCCCC(=O)NC(COC1OC(CO)C(OC2OC(CO)C(OC3OC(CO)C(O)C(O)C3O)C(O)C2O)C(O)C1O)C(O)/C=C/CCCCCCCCCCCCCCCCCCCCCCCCCCC. The summed E-state index contributed by atoms with van der Waals surface area (Å²) in [7, 11) is 0. The van der Waals surface area contributed by atoms with Gasteiger partial charge in [-0.05, 0) is 44.9 Å². The highest BCUT2D eigenvalue weighted by atomic mass is 16.8. The third-order valence-electron chi connectivity index (χ3n) is 23.7. The van der Waals surface area contributed by atoms with Crippen LogP contribution in [0.25, 0.3) is 0 Å². The molecule has 0 aromatic carbocycles. The van der Waals surface area contributed by atoms with Gasteiger partial charge < -0.3 is 89.9 Å². The molecule has 0 spiro atoms. The lowest BCUT2D eigenvalue weighted by Crippen LogP contribution is -2.66. The summed E-state index contributed by atoms with van der Waals surface area (Å²) in [5, 5.41) is 121. The summed E-state index contributed by atoms with van der Waals surface area (Å²) < 4.78 is 34.6. The summed E-state index contributed by atoms with van der Waals surface area (Å²) in [4.78, 5) is 13.5. The Hall–Kier alpha value is -1.73. The third-order valence-corrected chi connectivity index (χ3v) is 23.7. The van der Waals surface area contributed by atoms with E-state index >= 15 is 0 Å². The number of ether oxygens (including phenoxy) is 6. The van der Waals surface area contributed by atoms with E-state index in [-0.39, 0.29) is 18.9 Å². The fraction of sp³-hybridized carbons (Fsp3) is 0.946. The Bertz CT molecular complexity index is 2090. The van der Waals surface area contributed by atoms with E-state index < -0.39 is 124 Å². The molecule has 3 heterocycles. The van der Waals surface area contributed by atoms with Crippen LogP contribution in [-0.4, -0.2) is 193 Å². The average molecular weight is 1580 g/mol. The van der Waals surface area contributed by atoms with Crippen molar-refractivity contribution >= 4 is 5.91 Å². The number of hydrogen-bond donors (Lipinski definition) is 12. The molecular formula is C92H175NO18. The van der Waals surface area contributed by atoms with Crippen molar-refractivity contribution < 1.29 is 89.4 Å². The van der Waals surface area contributed by atoms with E-state index in [2.05, 4.69) is 31.3 Å². The van der Waals surface area contributed by atoms with E-state index in [0.29, 0.717) is 6.42 Å². The van der Waals surface area contributed by atoms with Gasteiger partial charge >= 0.3 is 0 Å². The molecule has 19 nitrogen and oxygen atoms in total. The van der Waals surface area contributed by atoms with Crippen LogP contribution in [0.15, 0.2) is 24.3 Å². The van der Waals surface area contributed by atoms with Gasteiger partial charge in [0, 0.05) is 6.42 Å². The van der Waals surface area contributed by atoms with Crippen molar-refractivity contribution in [3.63, 3.8) is 0 Å². The van der Waals surface area contributed by atoms with Gasteiger partial charge in [0.05, 0.1) is 38.6 Å². The van der Waals surface area contributed by atoms with Crippen LogP contribution in [0.1, 0.15) is 425 Å². The molecule has 111 heavy (non-hydrogen) atoms. The molecule has 0 saturated carbocycles. The van der Waals surface area contributed by atoms with Gasteiger partial charge in [-0.1, -0.05) is 398 Å². The lowest BCUT2D eigenvalue weighted by molar-refractivity contribution is -0.379. The van der Waals surface area contributed by atoms with Crippen molar-refractivity contribution in [2.75, 3.05) is 26.4 Å². The van der Waals surface area contributed by atoms with E-state index in [1.807, 2.05) is 6.08 Å². The molecule has 3 aliphatic heterocycles. The molecule has 12 N–H and O–H groups in total. The highest BCUT2D eigenvalue weighted by Gasteiger charge is 2.54. The lowest BCUT2D eigenvalue weighted by Gasteiger charge is -2.48. The minimum Gasteiger partial charge on any atom is -0.394 e. The van der Waals surface area contributed by atoms with Gasteiger partial charge in [-0.2, -0.15) is 0 Å². The van der Waals surface area contributed by atoms with Crippen LogP contribution in [0.4, 0.5) is 0 Å². The molecule has 3 fully saturated rings. The van der Waals surface area contributed by atoms with Crippen LogP contribution in [0.5, 0.6) is 0 Å². The zero-order chi connectivity index (χ0) is 80.3. The van der Waals surface area contributed by atoms with Gasteiger partial charge in [0.2, 0.25) is 5.91 Å². The highest BCUT2D eigenvalue weighted by Crippen LogP contribution is 2.34. The van der Waals surface area contributed by atoms with Crippen molar-refractivity contribution in [3.8, 4) is 0 Å². The minimum atomic E-state index is -1.98. The summed E-state index contributed by atoms with van der Waals surface area (Å²) in [5.74, 6) is -0.265. The number of carbonyl (C=O) groups excluding carboxylic acids is 1. The van der Waals surface area contributed by atoms with E-state index in [9.17, 15) is 61.0 Å². The lowest BCUT2D eigenvalue weighted by atomic mass is 9.96. The van der Waals surface area contributed by atoms with E-state index in [1.165, 1.54) is 353 Å². The maximum Gasteiger partial charge on any atom is 0.220 e. The molecule has 656 valence electrons. The molecule has 3 saturated heterocycles. The monoisotopic (exact) mass is 1580 g/mol. The Morgan fingerprint density at radius 2 is 0.568 bits per heavy atom. The van der Waals surface area contributed by atoms with Gasteiger partial charge in [0.1, 0.15) is 73.2 Å². The smallest absolute Gasteiger partial charge is 0.220 e. The van der Waals surface area contributed by atoms with Crippen molar-refractivity contribution in [2.45, 2.75) is 529 Å². The first-order chi connectivity index (χ1) is 54.3.